The smallest absolute Gasteiger partial charge is 0.831 e. The molecular formula is C10H19KO3. The maximum Gasteiger partial charge on any atom is 1.00 e. The van der Waals surface area contributed by atoms with Crippen LogP contribution in [-0.4, -0.2) is 25.6 Å². The van der Waals surface area contributed by atoms with Gasteiger partial charge in [0.1, 0.15) is 0 Å². The predicted octanol–water partition coefficient (Wildman–Crippen LogP) is -1.94. The Kier molecular flexibility index (Phi) is 10.8. The van der Waals surface area contributed by atoms with Crippen molar-refractivity contribution >= 4 is 0 Å². The minimum absolute atomic E-state index is 0. The SMILES string of the molecule is CC([O-])OCCOC1CCCCC1.[K+]. The third-order valence-electron chi connectivity index (χ3n) is 2.34. The van der Waals surface area contributed by atoms with Crippen LogP contribution in [0.5, 0.6) is 0 Å². The van der Waals surface area contributed by atoms with Crippen LogP contribution in [0.4, 0.5) is 0 Å². The Morgan fingerprint density at radius 1 is 1.21 bits per heavy atom. The molecule has 0 bridgehead atoms. The summed E-state index contributed by atoms with van der Waals surface area (Å²) in [4.78, 5) is 0. The van der Waals surface area contributed by atoms with Gasteiger partial charge in [0.25, 0.3) is 0 Å². The van der Waals surface area contributed by atoms with Crippen LogP contribution in [0.25, 0.3) is 0 Å². The molecule has 1 aliphatic rings. The molecule has 78 valence electrons. The van der Waals surface area contributed by atoms with E-state index in [1.54, 1.807) is 0 Å². The number of rotatable bonds is 5. The first-order valence-corrected chi connectivity index (χ1v) is 5.18. The standard InChI is InChI=1S/C10H19O3.K/c1-9(11)12-7-8-13-10-5-3-2-4-6-10;/h9-10H,2-8H2,1H3;/q-1;+1. The van der Waals surface area contributed by atoms with E-state index in [0.29, 0.717) is 19.3 Å². The predicted molar refractivity (Wildman–Crippen MR) is 48.2 cm³/mol. The van der Waals surface area contributed by atoms with E-state index < -0.39 is 6.29 Å². The molecule has 0 amide bonds. The summed E-state index contributed by atoms with van der Waals surface area (Å²) in [5, 5.41) is 10.5. The fraction of sp³-hybridized carbons (Fsp3) is 1.00. The van der Waals surface area contributed by atoms with Crippen LogP contribution in [0.3, 0.4) is 0 Å². The molecule has 14 heavy (non-hydrogen) atoms. The second kappa shape index (κ2) is 9.72. The van der Waals surface area contributed by atoms with Gasteiger partial charge in [-0.2, -0.15) is 0 Å². The molecule has 1 atom stereocenters. The summed E-state index contributed by atoms with van der Waals surface area (Å²) in [6.45, 7) is 2.50. The van der Waals surface area contributed by atoms with E-state index in [-0.39, 0.29) is 51.4 Å². The summed E-state index contributed by atoms with van der Waals surface area (Å²) in [6, 6.07) is 0. The monoisotopic (exact) mass is 226 g/mol. The van der Waals surface area contributed by atoms with E-state index >= 15 is 0 Å². The summed E-state index contributed by atoms with van der Waals surface area (Å²) >= 11 is 0. The fourth-order valence-corrected chi connectivity index (χ4v) is 1.66. The van der Waals surface area contributed by atoms with Crippen LogP contribution in [0.15, 0.2) is 0 Å². The Labute approximate surface area is 129 Å². The first-order valence-electron chi connectivity index (χ1n) is 5.18. The second-order valence-corrected chi connectivity index (χ2v) is 3.57. The minimum atomic E-state index is -0.921. The van der Waals surface area contributed by atoms with Gasteiger partial charge in [0.05, 0.1) is 19.3 Å². The van der Waals surface area contributed by atoms with Gasteiger partial charge in [0, 0.05) is 0 Å². The van der Waals surface area contributed by atoms with Crippen LogP contribution in [-0.2, 0) is 9.47 Å². The largest absolute Gasteiger partial charge is 1.00 e. The summed E-state index contributed by atoms with van der Waals surface area (Å²) < 4.78 is 10.4. The van der Waals surface area contributed by atoms with Gasteiger partial charge in [-0.1, -0.05) is 26.2 Å². The molecule has 0 N–H and O–H groups in total. The topological polar surface area (TPSA) is 41.5 Å². The molecule has 0 aromatic heterocycles. The molecule has 1 fully saturated rings. The molecule has 0 heterocycles. The van der Waals surface area contributed by atoms with Crippen LogP contribution in [0.1, 0.15) is 39.0 Å². The van der Waals surface area contributed by atoms with Crippen molar-refractivity contribution in [3.8, 4) is 0 Å². The van der Waals surface area contributed by atoms with Gasteiger partial charge in [-0.15, -0.1) is 0 Å². The maximum atomic E-state index is 10.5. The average Bonchev–Trinajstić information content (AvgIpc) is 2.14. The molecule has 3 nitrogen and oxygen atoms in total. The van der Waals surface area contributed by atoms with Crippen molar-refractivity contribution < 1.29 is 66.0 Å². The molecule has 0 radical (unpaired) electrons. The number of hydrogen-bond donors (Lipinski definition) is 0. The van der Waals surface area contributed by atoms with Crippen LogP contribution < -0.4 is 56.5 Å². The molecule has 1 rings (SSSR count). The summed E-state index contributed by atoms with van der Waals surface area (Å²) in [6.07, 6.45) is 5.75. The van der Waals surface area contributed by atoms with Gasteiger partial charge in [-0.25, -0.2) is 0 Å². The quantitative estimate of drug-likeness (QED) is 0.311. The Balaban J connectivity index is 0.00000169. The molecule has 0 saturated heterocycles. The maximum absolute atomic E-state index is 10.5. The Bertz CT molecular complexity index is 125. The van der Waals surface area contributed by atoms with Crippen molar-refractivity contribution in [2.75, 3.05) is 13.2 Å². The average molecular weight is 226 g/mol. The van der Waals surface area contributed by atoms with E-state index in [1.807, 2.05) is 0 Å². The van der Waals surface area contributed by atoms with Crippen molar-refractivity contribution in [2.24, 2.45) is 0 Å². The normalized spacial score (nSPS) is 20.1. The molecule has 0 aromatic rings. The molecule has 1 aliphatic carbocycles. The van der Waals surface area contributed by atoms with Crippen LogP contribution >= 0.6 is 0 Å². The van der Waals surface area contributed by atoms with E-state index in [4.69, 9.17) is 9.47 Å². The number of ether oxygens (including phenoxy) is 2. The van der Waals surface area contributed by atoms with Crippen molar-refractivity contribution in [3.63, 3.8) is 0 Å². The Morgan fingerprint density at radius 3 is 2.43 bits per heavy atom. The van der Waals surface area contributed by atoms with Gasteiger partial charge in [-0.3, -0.25) is 0 Å². The van der Waals surface area contributed by atoms with Crippen molar-refractivity contribution in [1.29, 1.82) is 0 Å². The molecule has 1 unspecified atom stereocenters. The van der Waals surface area contributed by atoms with E-state index in [0.717, 1.165) is 0 Å². The molecule has 0 aliphatic heterocycles. The summed E-state index contributed by atoms with van der Waals surface area (Å²) in [5.74, 6) is 0. The van der Waals surface area contributed by atoms with E-state index in [1.165, 1.54) is 39.0 Å². The van der Waals surface area contributed by atoms with Gasteiger partial charge in [-0.05, 0) is 19.1 Å². The third-order valence-corrected chi connectivity index (χ3v) is 2.34. The zero-order valence-corrected chi connectivity index (χ0v) is 12.5. The molecular weight excluding hydrogens is 207 g/mol. The summed E-state index contributed by atoms with van der Waals surface area (Å²) in [5.41, 5.74) is 0. The van der Waals surface area contributed by atoms with Crippen molar-refractivity contribution in [1.82, 2.24) is 0 Å². The Morgan fingerprint density at radius 2 is 1.86 bits per heavy atom. The molecule has 0 aromatic carbocycles. The molecule has 0 spiro atoms. The second-order valence-electron chi connectivity index (χ2n) is 3.57. The molecule has 4 heteroatoms. The van der Waals surface area contributed by atoms with Crippen LogP contribution in [0.2, 0.25) is 0 Å². The van der Waals surface area contributed by atoms with Crippen molar-refractivity contribution in [3.05, 3.63) is 0 Å². The fourth-order valence-electron chi connectivity index (χ4n) is 1.66. The van der Waals surface area contributed by atoms with Crippen LogP contribution in [0, 0.1) is 0 Å². The van der Waals surface area contributed by atoms with Gasteiger partial charge in [0.2, 0.25) is 0 Å². The number of hydrogen-bond acceptors (Lipinski definition) is 3. The first-order chi connectivity index (χ1) is 6.29. The zero-order chi connectivity index (χ0) is 9.52. The van der Waals surface area contributed by atoms with Gasteiger partial charge in [0.15, 0.2) is 0 Å². The molecule has 1 saturated carbocycles. The van der Waals surface area contributed by atoms with Crippen molar-refractivity contribution in [2.45, 2.75) is 51.4 Å². The van der Waals surface area contributed by atoms with E-state index in [2.05, 4.69) is 0 Å². The van der Waals surface area contributed by atoms with Gasteiger partial charge >= 0.3 is 51.4 Å². The third kappa shape index (κ3) is 7.76. The summed E-state index contributed by atoms with van der Waals surface area (Å²) in [7, 11) is 0. The Hall–Kier alpha value is 1.52. The first kappa shape index (κ1) is 15.5. The van der Waals surface area contributed by atoms with E-state index in [9.17, 15) is 5.11 Å². The van der Waals surface area contributed by atoms with Gasteiger partial charge < -0.3 is 14.6 Å². The minimum Gasteiger partial charge on any atom is -0.831 e. The zero-order valence-electron chi connectivity index (χ0n) is 9.33.